The average Bonchev–Trinajstić information content (AvgIpc) is 3.74. The third-order valence-corrected chi connectivity index (χ3v) is 11.5. The quantitative estimate of drug-likeness (QED) is 0.172. The maximum absolute atomic E-state index is 2.59. The van der Waals surface area contributed by atoms with Crippen molar-refractivity contribution in [2.24, 2.45) is 0 Å². The van der Waals surface area contributed by atoms with Gasteiger partial charge in [0.2, 0.25) is 0 Å². The highest BCUT2D eigenvalue weighted by Gasteiger charge is 2.54. The Morgan fingerprint density at radius 1 is 0.327 bits per heavy atom. The second-order valence-electron chi connectivity index (χ2n) is 13.3. The monoisotopic (exact) mass is 682 g/mol. The Bertz CT molecular complexity index is 2600. The van der Waals surface area contributed by atoms with Crippen LogP contribution in [0.4, 0.5) is 22.7 Å². The van der Waals surface area contributed by atoms with Crippen LogP contribution in [0.15, 0.2) is 206 Å². The fourth-order valence-corrected chi connectivity index (χ4v) is 9.26. The molecule has 9 aromatic rings. The van der Waals surface area contributed by atoms with Gasteiger partial charge < -0.3 is 9.80 Å². The van der Waals surface area contributed by atoms with Crippen LogP contribution in [0.1, 0.15) is 11.1 Å². The Balaban J connectivity index is 1.37. The summed E-state index contributed by atoms with van der Waals surface area (Å²) >= 11 is 1.87. The van der Waals surface area contributed by atoms with Crippen LogP contribution in [0.5, 0.6) is 0 Å². The standard InChI is InChI=1S/C49H34N2S/c1-5-17-35(18-6-1)37-21-15-23-39(31-37)49(40-24-16-22-38(32-40)36-19-7-2-8-20-36)50(41-25-9-3-10-26-41)45-33-44-43-29-13-14-30-47(43)52-48(44)34-46(45)51(49)42-27-11-4-12-28-42/h1-34H. The number of anilines is 4. The largest absolute Gasteiger partial charge is 0.308 e. The summed E-state index contributed by atoms with van der Waals surface area (Å²) < 4.78 is 2.58. The average molecular weight is 683 g/mol. The summed E-state index contributed by atoms with van der Waals surface area (Å²) in [6.45, 7) is 0. The molecule has 0 atom stereocenters. The number of thiophene rings is 1. The second-order valence-corrected chi connectivity index (χ2v) is 14.4. The molecule has 0 N–H and O–H groups in total. The lowest BCUT2D eigenvalue weighted by Gasteiger charge is -2.47. The first-order valence-corrected chi connectivity index (χ1v) is 18.6. The lowest BCUT2D eigenvalue weighted by molar-refractivity contribution is 0.560. The normalized spacial score (nSPS) is 13.5. The van der Waals surface area contributed by atoms with Crippen molar-refractivity contribution in [3.63, 3.8) is 0 Å². The minimum absolute atomic E-state index is 0.820. The summed E-state index contributed by atoms with van der Waals surface area (Å²) in [6, 6.07) is 75.4. The van der Waals surface area contributed by atoms with Gasteiger partial charge in [0.1, 0.15) is 0 Å². The van der Waals surface area contributed by atoms with E-state index >= 15 is 0 Å². The van der Waals surface area contributed by atoms with E-state index in [-0.39, 0.29) is 0 Å². The minimum Gasteiger partial charge on any atom is -0.308 e. The molecule has 246 valence electrons. The predicted molar refractivity (Wildman–Crippen MR) is 221 cm³/mol. The van der Waals surface area contributed by atoms with Crippen LogP contribution in [0.3, 0.4) is 0 Å². The molecule has 0 aliphatic carbocycles. The number of nitrogens with zero attached hydrogens (tertiary/aromatic N) is 2. The molecule has 10 rings (SSSR count). The molecule has 1 aromatic heterocycles. The molecule has 0 radical (unpaired) electrons. The fraction of sp³-hybridized carbons (Fsp3) is 0.0204. The first-order chi connectivity index (χ1) is 25.8. The van der Waals surface area contributed by atoms with Gasteiger partial charge in [-0.15, -0.1) is 11.3 Å². The first-order valence-electron chi connectivity index (χ1n) is 17.8. The summed E-state index contributed by atoms with van der Waals surface area (Å²) in [6.07, 6.45) is 0. The van der Waals surface area contributed by atoms with Gasteiger partial charge >= 0.3 is 0 Å². The highest BCUT2D eigenvalue weighted by Crippen LogP contribution is 2.61. The van der Waals surface area contributed by atoms with Crippen LogP contribution in [0, 0.1) is 0 Å². The molecule has 0 amide bonds. The van der Waals surface area contributed by atoms with Crippen LogP contribution in [0.2, 0.25) is 0 Å². The van der Waals surface area contributed by atoms with Crippen molar-refractivity contribution < 1.29 is 0 Å². The SMILES string of the molecule is c1ccc(-c2cccc(C3(c4cccc(-c5ccccc5)c4)N(c4ccccc4)c4cc5sc6ccccc6c5cc4N3c3ccccc3)c2)cc1. The molecule has 0 saturated carbocycles. The summed E-state index contributed by atoms with van der Waals surface area (Å²) in [7, 11) is 0. The van der Waals surface area contributed by atoms with Gasteiger partial charge in [-0.25, -0.2) is 0 Å². The molecule has 1 aliphatic heterocycles. The molecule has 2 nitrogen and oxygen atoms in total. The van der Waals surface area contributed by atoms with Crippen LogP contribution < -0.4 is 9.80 Å². The summed E-state index contributed by atoms with van der Waals surface area (Å²) in [5.74, 6) is 0. The Morgan fingerprint density at radius 2 is 0.769 bits per heavy atom. The molecule has 0 fully saturated rings. The van der Waals surface area contributed by atoms with Gasteiger partial charge in [0.25, 0.3) is 0 Å². The Kier molecular flexibility index (Phi) is 7.26. The van der Waals surface area contributed by atoms with Crippen molar-refractivity contribution in [3.05, 3.63) is 217 Å². The Labute approximate surface area is 308 Å². The van der Waals surface area contributed by atoms with E-state index in [4.69, 9.17) is 0 Å². The molecule has 8 aromatic carbocycles. The van der Waals surface area contributed by atoms with Crippen LogP contribution in [-0.4, -0.2) is 0 Å². The van der Waals surface area contributed by atoms with Crippen molar-refractivity contribution in [2.45, 2.75) is 5.66 Å². The first kappa shape index (κ1) is 30.4. The predicted octanol–water partition coefficient (Wildman–Crippen LogP) is 13.6. The molecule has 2 heterocycles. The van der Waals surface area contributed by atoms with Crippen LogP contribution in [0.25, 0.3) is 42.4 Å². The smallest absolute Gasteiger partial charge is 0.175 e. The number of hydrogen-bond acceptors (Lipinski definition) is 3. The Hall–Kier alpha value is -6.42. The molecule has 1 aliphatic rings. The van der Waals surface area contributed by atoms with Gasteiger partial charge in [-0.2, -0.15) is 0 Å². The zero-order valence-electron chi connectivity index (χ0n) is 28.4. The second kappa shape index (κ2) is 12.4. The highest BCUT2D eigenvalue weighted by atomic mass is 32.1. The number of hydrogen-bond donors (Lipinski definition) is 0. The minimum atomic E-state index is -0.820. The maximum Gasteiger partial charge on any atom is 0.175 e. The van der Waals surface area contributed by atoms with Crippen molar-refractivity contribution >= 4 is 54.3 Å². The van der Waals surface area contributed by atoms with E-state index in [1.807, 2.05) is 11.3 Å². The molecular weight excluding hydrogens is 649 g/mol. The topological polar surface area (TPSA) is 6.48 Å². The van der Waals surface area contributed by atoms with Gasteiger partial charge in [-0.3, -0.25) is 0 Å². The van der Waals surface area contributed by atoms with E-state index in [9.17, 15) is 0 Å². The van der Waals surface area contributed by atoms with E-state index in [0.29, 0.717) is 0 Å². The molecule has 0 spiro atoms. The number of para-hydroxylation sites is 2. The summed E-state index contributed by atoms with van der Waals surface area (Å²) in [5.41, 5.74) is 10.9. The third-order valence-electron chi connectivity index (χ3n) is 10.4. The van der Waals surface area contributed by atoms with E-state index in [1.54, 1.807) is 0 Å². The summed E-state index contributed by atoms with van der Waals surface area (Å²) in [4.78, 5) is 5.18. The number of fused-ring (bicyclic) bond motifs is 4. The molecule has 3 heteroatoms. The molecule has 52 heavy (non-hydrogen) atoms. The van der Waals surface area contributed by atoms with Crippen LogP contribution >= 0.6 is 11.3 Å². The van der Waals surface area contributed by atoms with Gasteiger partial charge in [-0.05, 0) is 76.9 Å². The summed E-state index contributed by atoms with van der Waals surface area (Å²) in [5, 5.41) is 2.57. The highest BCUT2D eigenvalue weighted by molar-refractivity contribution is 7.25. The van der Waals surface area contributed by atoms with E-state index in [2.05, 4.69) is 216 Å². The Morgan fingerprint density at radius 3 is 1.31 bits per heavy atom. The molecule has 0 bridgehead atoms. The number of rotatable bonds is 6. The van der Waals surface area contributed by atoms with E-state index < -0.39 is 5.66 Å². The number of benzene rings is 8. The van der Waals surface area contributed by atoms with Crippen molar-refractivity contribution in [2.75, 3.05) is 9.80 Å². The third kappa shape index (κ3) is 4.78. The molecular formula is C49H34N2S. The van der Waals surface area contributed by atoms with Crippen LogP contribution in [-0.2, 0) is 5.66 Å². The van der Waals surface area contributed by atoms with Crippen molar-refractivity contribution in [1.29, 1.82) is 0 Å². The lowest BCUT2D eigenvalue weighted by Crippen LogP contribution is -2.51. The fourth-order valence-electron chi connectivity index (χ4n) is 8.14. The molecule has 0 saturated heterocycles. The zero-order valence-corrected chi connectivity index (χ0v) is 29.2. The lowest BCUT2D eigenvalue weighted by atomic mass is 9.84. The van der Waals surface area contributed by atoms with Gasteiger partial charge in [0.05, 0.1) is 11.4 Å². The van der Waals surface area contributed by atoms with Gasteiger partial charge in [0.15, 0.2) is 5.66 Å². The zero-order chi connectivity index (χ0) is 34.5. The van der Waals surface area contributed by atoms with Crippen molar-refractivity contribution in [1.82, 2.24) is 0 Å². The van der Waals surface area contributed by atoms with E-state index in [1.165, 1.54) is 64.9 Å². The van der Waals surface area contributed by atoms with E-state index in [0.717, 1.165) is 11.4 Å². The van der Waals surface area contributed by atoms with Gasteiger partial charge in [0, 0.05) is 42.7 Å². The van der Waals surface area contributed by atoms with Crippen molar-refractivity contribution in [3.8, 4) is 22.3 Å². The maximum atomic E-state index is 2.59. The molecule has 0 unspecified atom stereocenters. The van der Waals surface area contributed by atoms with Gasteiger partial charge in [-0.1, -0.05) is 152 Å².